The Morgan fingerprint density at radius 3 is 1.93 bits per heavy atom. The summed E-state index contributed by atoms with van der Waals surface area (Å²) in [6.45, 7) is 2.12. The van der Waals surface area contributed by atoms with Gasteiger partial charge in [0.1, 0.15) is 0 Å². The number of rotatable bonds is 4. The minimum absolute atomic E-state index is 0.416. The molecule has 3 aromatic rings. The average molecular weight is 461 g/mol. The molecule has 0 amide bonds. The van der Waals surface area contributed by atoms with Crippen LogP contribution in [-0.2, 0) is 0 Å². The van der Waals surface area contributed by atoms with Gasteiger partial charge >= 0.3 is 172 Å². The molecule has 0 aromatic heterocycles. The normalized spacial score (nSPS) is 13.9. The Morgan fingerprint density at radius 2 is 1.26 bits per heavy atom. The summed E-state index contributed by atoms with van der Waals surface area (Å²) in [5, 5.41) is 0. The molecule has 0 saturated carbocycles. The first-order valence-corrected chi connectivity index (χ1v) is 11.4. The second-order valence-corrected chi connectivity index (χ2v) is 9.69. The molecule has 4 rings (SSSR count). The maximum absolute atomic E-state index is 2.37. The molecule has 0 saturated heterocycles. The molecule has 3 aromatic carbocycles. The topological polar surface area (TPSA) is 0 Å². The van der Waals surface area contributed by atoms with Crippen LogP contribution in [0, 0.1) is 6.92 Å². The zero-order chi connectivity index (χ0) is 18.5. The summed E-state index contributed by atoms with van der Waals surface area (Å²) in [5.41, 5.74) is 6.50. The van der Waals surface area contributed by atoms with Crippen molar-refractivity contribution in [2.45, 2.75) is 6.92 Å². The molecule has 27 heavy (non-hydrogen) atoms. The predicted molar refractivity (Wildman–Crippen MR) is 119 cm³/mol. The van der Waals surface area contributed by atoms with E-state index in [1.165, 1.54) is 35.0 Å². The standard InChI is InChI=1S/C26H21Te/c1-20-12-14-21(15-13-20)16-17-22-18-25(23-8-4-2-5-9-23)27-26(19-22)24-10-6-3-7-11-24/h2-19H,1H3. The summed E-state index contributed by atoms with van der Waals surface area (Å²) in [7, 11) is 0. The molecular formula is C26H21Te. The SMILES string of the molecule is Cc1ccc(C=CC2=CC(c3ccccc3)=[Te]C(c3ccccc3)=C2)cc1. The first-order chi connectivity index (χ1) is 13.3. The number of allylic oxidation sites excluding steroid dienone is 4. The second-order valence-electron chi connectivity index (χ2n) is 6.60. The van der Waals surface area contributed by atoms with Crippen LogP contribution in [0.25, 0.3) is 9.70 Å². The Balaban J connectivity index is 1.72. The molecule has 0 atom stereocenters. The van der Waals surface area contributed by atoms with Crippen molar-refractivity contribution in [1.82, 2.24) is 0 Å². The van der Waals surface area contributed by atoms with Crippen molar-refractivity contribution in [2.75, 3.05) is 0 Å². The number of benzene rings is 3. The van der Waals surface area contributed by atoms with Crippen LogP contribution in [-0.4, -0.2) is 24.0 Å². The molecule has 131 valence electrons. The van der Waals surface area contributed by atoms with Gasteiger partial charge in [-0.05, 0) is 0 Å². The van der Waals surface area contributed by atoms with Gasteiger partial charge in [0.25, 0.3) is 0 Å². The van der Waals surface area contributed by atoms with Crippen molar-refractivity contribution in [1.29, 1.82) is 0 Å². The van der Waals surface area contributed by atoms with Crippen molar-refractivity contribution in [3.8, 4) is 0 Å². The quantitative estimate of drug-likeness (QED) is 0.424. The first kappa shape index (κ1) is 17.9. The van der Waals surface area contributed by atoms with E-state index in [2.05, 4.69) is 116 Å². The summed E-state index contributed by atoms with van der Waals surface area (Å²) in [6.07, 6.45) is 9.19. The molecular weight excluding hydrogens is 440 g/mol. The molecule has 0 unspecified atom stereocenters. The van der Waals surface area contributed by atoms with Gasteiger partial charge < -0.3 is 0 Å². The van der Waals surface area contributed by atoms with Crippen molar-refractivity contribution < 1.29 is 0 Å². The predicted octanol–water partition coefficient (Wildman–Crippen LogP) is 5.91. The second kappa shape index (κ2) is 8.49. The van der Waals surface area contributed by atoms with Crippen molar-refractivity contribution >= 4 is 33.7 Å². The summed E-state index contributed by atoms with van der Waals surface area (Å²) in [4.78, 5) is 0. The Bertz CT molecular complexity index is 994. The maximum atomic E-state index is 2.37. The van der Waals surface area contributed by atoms with Crippen LogP contribution in [0.3, 0.4) is 0 Å². The molecule has 0 aliphatic carbocycles. The molecule has 1 heteroatoms. The third kappa shape index (κ3) is 4.64. The number of hydrogen-bond donors (Lipinski definition) is 0. The van der Waals surface area contributed by atoms with E-state index in [4.69, 9.17) is 0 Å². The molecule has 0 N–H and O–H groups in total. The molecule has 0 fully saturated rings. The van der Waals surface area contributed by atoms with E-state index in [0.29, 0.717) is 0 Å². The fraction of sp³-hybridized carbons (Fsp3) is 0.0385. The van der Waals surface area contributed by atoms with Gasteiger partial charge in [-0.25, -0.2) is 0 Å². The summed E-state index contributed by atoms with van der Waals surface area (Å²) >= 11 is -0.416. The Morgan fingerprint density at radius 1 is 0.630 bits per heavy atom. The van der Waals surface area contributed by atoms with Gasteiger partial charge in [0.2, 0.25) is 0 Å². The van der Waals surface area contributed by atoms with Gasteiger partial charge in [0, 0.05) is 0 Å². The third-order valence-electron chi connectivity index (χ3n) is 4.48. The molecule has 1 radical (unpaired) electrons. The van der Waals surface area contributed by atoms with E-state index in [9.17, 15) is 0 Å². The van der Waals surface area contributed by atoms with Gasteiger partial charge in [0.05, 0.1) is 0 Å². The van der Waals surface area contributed by atoms with Gasteiger partial charge in [-0.3, -0.25) is 0 Å². The summed E-state index contributed by atoms with van der Waals surface area (Å²) in [6, 6.07) is 30.3. The van der Waals surface area contributed by atoms with Crippen LogP contribution in [0.2, 0.25) is 0 Å². The van der Waals surface area contributed by atoms with Gasteiger partial charge in [-0.2, -0.15) is 0 Å². The Kier molecular flexibility index (Phi) is 5.64. The molecule has 1 aliphatic rings. The zero-order valence-corrected chi connectivity index (χ0v) is 17.6. The third-order valence-corrected chi connectivity index (χ3v) is 7.75. The fourth-order valence-corrected chi connectivity index (χ4v) is 6.22. The van der Waals surface area contributed by atoms with Gasteiger partial charge in [-0.1, -0.05) is 0 Å². The number of aryl methyl sites for hydroxylation is 1. The van der Waals surface area contributed by atoms with Gasteiger partial charge in [-0.15, -0.1) is 0 Å². The van der Waals surface area contributed by atoms with Gasteiger partial charge in [0.15, 0.2) is 0 Å². The van der Waals surface area contributed by atoms with Crippen LogP contribution in [0.5, 0.6) is 0 Å². The van der Waals surface area contributed by atoms with Crippen LogP contribution in [0.15, 0.2) is 109 Å². The van der Waals surface area contributed by atoms with Crippen LogP contribution < -0.4 is 0 Å². The Labute approximate surface area is 171 Å². The minimum atomic E-state index is -0.416. The van der Waals surface area contributed by atoms with Crippen molar-refractivity contribution in [3.05, 3.63) is 131 Å². The van der Waals surface area contributed by atoms with E-state index in [-0.39, 0.29) is 0 Å². The monoisotopic (exact) mass is 463 g/mol. The van der Waals surface area contributed by atoms with E-state index in [0.717, 1.165) is 0 Å². The van der Waals surface area contributed by atoms with Crippen LogP contribution in [0.4, 0.5) is 0 Å². The summed E-state index contributed by atoms with van der Waals surface area (Å²) in [5.74, 6) is 0. The fourth-order valence-electron chi connectivity index (χ4n) is 2.98. The molecule has 0 bridgehead atoms. The first-order valence-electron chi connectivity index (χ1n) is 9.12. The van der Waals surface area contributed by atoms with E-state index < -0.39 is 20.5 Å². The van der Waals surface area contributed by atoms with Crippen LogP contribution >= 0.6 is 0 Å². The average Bonchev–Trinajstić information content (AvgIpc) is 2.74. The zero-order valence-electron chi connectivity index (χ0n) is 15.3. The molecule has 0 nitrogen and oxygen atoms in total. The molecule has 0 spiro atoms. The van der Waals surface area contributed by atoms with E-state index >= 15 is 0 Å². The van der Waals surface area contributed by atoms with Crippen LogP contribution in [0.1, 0.15) is 22.3 Å². The van der Waals surface area contributed by atoms with E-state index in [1.807, 2.05) is 0 Å². The molecule has 1 aliphatic heterocycles. The van der Waals surface area contributed by atoms with Crippen molar-refractivity contribution in [2.24, 2.45) is 0 Å². The Hall–Kier alpha value is -2.46. The van der Waals surface area contributed by atoms with Crippen molar-refractivity contribution in [3.63, 3.8) is 0 Å². The summed E-state index contributed by atoms with van der Waals surface area (Å²) < 4.78 is 2.98. The number of hydrogen-bond acceptors (Lipinski definition) is 0. The van der Waals surface area contributed by atoms with E-state index in [1.54, 1.807) is 0 Å². The molecule has 1 heterocycles.